The van der Waals surface area contributed by atoms with Crippen molar-refractivity contribution in [3.8, 4) is 0 Å². The molecule has 3 rings (SSSR count). The molecule has 0 spiro atoms. The largest absolute Gasteiger partial charge is 0.355 e. The summed E-state index contributed by atoms with van der Waals surface area (Å²) in [6, 6.07) is 27.1. The Morgan fingerprint density at radius 2 is 1.36 bits per heavy atom. The fourth-order valence-corrected chi connectivity index (χ4v) is 2.30. The smallest absolute Gasteiger partial charge is 0.0457 e. The van der Waals surface area contributed by atoms with Crippen LogP contribution in [0.3, 0.4) is 0 Å². The lowest BCUT2D eigenvalue weighted by atomic mass is 10.1. The molecule has 0 atom stereocenters. The van der Waals surface area contributed by atoms with Gasteiger partial charge in [0.1, 0.15) is 0 Å². The molecular weight excluding hydrogens is 266 g/mol. The molecule has 1 nitrogen and oxygen atoms in total. The van der Waals surface area contributed by atoms with Gasteiger partial charge in [-0.2, -0.15) is 0 Å². The molecular formula is C21H19N. The van der Waals surface area contributed by atoms with Gasteiger partial charge in [-0.25, -0.2) is 0 Å². The van der Waals surface area contributed by atoms with Gasteiger partial charge < -0.3 is 5.32 Å². The first kappa shape index (κ1) is 14.2. The van der Waals surface area contributed by atoms with Gasteiger partial charge in [0, 0.05) is 11.4 Å². The van der Waals surface area contributed by atoms with Crippen molar-refractivity contribution in [2.24, 2.45) is 0 Å². The zero-order chi connectivity index (χ0) is 15.2. The number of rotatable bonds is 4. The lowest BCUT2D eigenvalue weighted by Gasteiger charge is -2.10. The molecule has 0 saturated heterocycles. The molecule has 0 bridgehead atoms. The predicted molar refractivity (Wildman–Crippen MR) is 96.3 cm³/mol. The van der Waals surface area contributed by atoms with Crippen LogP contribution >= 0.6 is 0 Å². The first-order valence-corrected chi connectivity index (χ1v) is 7.47. The van der Waals surface area contributed by atoms with Gasteiger partial charge in [0.25, 0.3) is 0 Å². The van der Waals surface area contributed by atoms with Gasteiger partial charge in [0.15, 0.2) is 0 Å². The third kappa shape index (κ3) is 3.64. The molecule has 0 heterocycles. The van der Waals surface area contributed by atoms with Crippen molar-refractivity contribution in [2.75, 3.05) is 5.32 Å². The maximum atomic E-state index is 3.48. The second-order valence-corrected chi connectivity index (χ2v) is 5.32. The van der Waals surface area contributed by atoms with E-state index in [-0.39, 0.29) is 0 Å². The highest BCUT2D eigenvalue weighted by Crippen LogP contribution is 2.23. The number of hydrogen-bond acceptors (Lipinski definition) is 1. The average molecular weight is 285 g/mol. The molecule has 3 aromatic rings. The summed E-state index contributed by atoms with van der Waals surface area (Å²) in [6.45, 7) is 2.10. The van der Waals surface area contributed by atoms with Crippen molar-refractivity contribution >= 4 is 23.5 Å². The number of anilines is 2. The molecule has 0 amide bonds. The van der Waals surface area contributed by atoms with Crippen LogP contribution in [0.2, 0.25) is 0 Å². The molecule has 0 fully saturated rings. The van der Waals surface area contributed by atoms with Crippen LogP contribution in [0.1, 0.15) is 16.7 Å². The minimum absolute atomic E-state index is 1.10. The Balaban J connectivity index is 1.83. The Hall–Kier alpha value is -2.80. The second kappa shape index (κ2) is 6.77. The Morgan fingerprint density at radius 3 is 2.14 bits per heavy atom. The molecule has 0 aliphatic heterocycles. The average Bonchev–Trinajstić information content (AvgIpc) is 2.57. The molecule has 0 saturated carbocycles. The monoisotopic (exact) mass is 285 g/mol. The summed E-state index contributed by atoms with van der Waals surface area (Å²) in [4.78, 5) is 0. The van der Waals surface area contributed by atoms with Gasteiger partial charge in [0.2, 0.25) is 0 Å². The summed E-state index contributed by atoms with van der Waals surface area (Å²) in [5.74, 6) is 0. The van der Waals surface area contributed by atoms with Crippen molar-refractivity contribution in [3.05, 3.63) is 95.6 Å². The SMILES string of the molecule is Cc1ccc(Nc2ccccc2C=Cc2ccccc2)cc1. The Kier molecular flexibility index (Phi) is 4.35. The molecule has 0 aromatic heterocycles. The summed E-state index contributed by atoms with van der Waals surface area (Å²) in [5.41, 5.74) is 5.85. The number of nitrogens with one attached hydrogen (secondary N) is 1. The normalized spacial score (nSPS) is 10.8. The quantitative estimate of drug-likeness (QED) is 0.588. The van der Waals surface area contributed by atoms with Crippen LogP contribution in [0.15, 0.2) is 78.9 Å². The standard InChI is InChI=1S/C21H19N/c1-17-11-15-20(16-12-17)22-21-10-6-5-9-19(21)14-13-18-7-3-2-4-8-18/h2-16,22H,1H3. The highest BCUT2D eigenvalue weighted by Gasteiger charge is 1.99. The van der Waals surface area contributed by atoms with Gasteiger partial charge in [-0.15, -0.1) is 0 Å². The van der Waals surface area contributed by atoms with E-state index in [4.69, 9.17) is 0 Å². The van der Waals surface area contributed by atoms with E-state index in [1.165, 1.54) is 16.7 Å². The van der Waals surface area contributed by atoms with Crippen molar-refractivity contribution in [1.82, 2.24) is 0 Å². The summed E-state index contributed by atoms with van der Waals surface area (Å²) in [5, 5.41) is 3.48. The van der Waals surface area contributed by atoms with E-state index in [0.717, 1.165) is 11.4 Å². The van der Waals surface area contributed by atoms with E-state index in [1.807, 2.05) is 6.07 Å². The van der Waals surface area contributed by atoms with Crippen LogP contribution in [-0.2, 0) is 0 Å². The molecule has 0 unspecified atom stereocenters. The summed E-state index contributed by atoms with van der Waals surface area (Å²) >= 11 is 0. The van der Waals surface area contributed by atoms with E-state index >= 15 is 0 Å². The van der Waals surface area contributed by atoms with E-state index in [0.29, 0.717) is 0 Å². The van der Waals surface area contributed by atoms with E-state index < -0.39 is 0 Å². The number of benzene rings is 3. The van der Waals surface area contributed by atoms with E-state index in [2.05, 4.69) is 97.2 Å². The molecule has 22 heavy (non-hydrogen) atoms. The number of aryl methyl sites for hydroxylation is 1. The predicted octanol–water partition coefficient (Wildman–Crippen LogP) is 5.91. The van der Waals surface area contributed by atoms with Crippen LogP contribution < -0.4 is 5.32 Å². The molecule has 1 N–H and O–H groups in total. The summed E-state index contributed by atoms with van der Waals surface area (Å²) in [6.07, 6.45) is 4.28. The van der Waals surface area contributed by atoms with E-state index in [9.17, 15) is 0 Å². The maximum Gasteiger partial charge on any atom is 0.0457 e. The third-order valence-corrected chi connectivity index (χ3v) is 3.55. The zero-order valence-corrected chi connectivity index (χ0v) is 12.7. The molecule has 108 valence electrons. The van der Waals surface area contributed by atoms with E-state index in [1.54, 1.807) is 0 Å². The van der Waals surface area contributed by atoms with Crippen LogP contribution in [0.5, 0.6) is 0 Å². The van der Waals surface area contributed by atoms with Crippen LogP contribution in [0, 0.1) is 6.92 Å². The van der Waals surface area contributed by atoms with Gasteiger partial charge in [0.05, 0.1) is 0 Å². The molecule has 0 radical (unpaired) electrons. The topological polar surface area (TPSA) is 12.0 Å². The van der Waals surface area contributed by atoms with Gasteiger partial charge in [-0.05, 0) is 36.2 Å². The second-order valence-electron chi connectivity index (χ2n) is 5.32. The summed E-state index contributed by atoms with van der Waals surface area (Å²) < 4.78 is 0. The van der Waals surface area contributed by atoms with Gasteiger partial charge in [-0.1, -0.05) is 78.4 Å². The minimum Gasteiger partial charge on any atom is -0.355 e. The van der Waals surface area contributed by atoms with Crippen LogP contribution in [0.25, 0.3) is 12.2 Å². The van der Waals surface area contributed by atoms with Gasteiger partial charge >= 0.3 is 0 Å². The number of para-hydroxylation sites is 1. The lowest BCUT2D eigenvalue weighted by Crippen LogP contribution is -1.92. The van der Waals surface area contributed by atoms with Crippen molar-refractivity contribution in [3.63, 3.8) is 0 Å². The van der Waals surface area contributed by atoms with Crippen LogP contribution in [0.4, 0.5) is 11.4 Å². The first-order valence-electron chi connectivity index (χ1n) is 7.47. The fourth-order valence-electron chi connectivity index (χ4n) is 2.30. The molecule has 3 aromatic carbocycles. The molecule has 0 aliphatic rings. The van der Waals surface area contributed by atoms with Crippen molar-refractivity contribution in [2.45, 2.75) is 6.92 Å². The fraction of sp³-hybridized carbons (Fsp3) is 0.0476. The number of hydrogen-bond donors (Lipinski definition) is 1. The van der Waals surface area contributed by atoms with Crippen molar-refractivity contribution < 1.29 is 0 Å². The Labute approximate surface area is 132 Å². The summed E-state index contributed by atoms with van der Waals surface area (Å²) in [7, 11) is 0. The van der Waals surface area contributed by atoms with Gasteiger partial charge in [-0.3, -0.25) is 0 Å². The lowest BCUT2D eigenvalue weighted by molar-refractivity contribution is 1.45. The molecule has 0 aliphatic carbocycles. The zero-order valence-electron chi connectivity index (χ0n) is 12.7. The highest BCUT2D eigenvalue weighted by atomic mass is 14.9. The highest BCUT2D eigenvalue weighted by molar-refractivity contribution is 5.78. The first-order chi connectivity index (χ1) is 10.8. The molecule has 1 heteroatoms. The minimum atomic E-state index is 1.10. The van der Waals surface area contributed by atoms with Crippen molar-refractivity contribution in [1.29, 1.82) is 0 Å². The third-order valence-electron chi connectivity index (χ3n) is 3.55. The maximum absolute atomic E-state index is 3.48. The van der Waals surface area contributed by atoms with Crippen LogP contribution in [-0.4, -0.2) is 0 Å². The Morgan fingerprint density at radius 1 is 0.682 bits per heavy atom. The Bertz CT molecular complexity index is 755.